The van der Waals surface area contributed by atoms with Crippen molar-refractivity contribution in [2.24, 2.45) is 0 Å². The average molecular weight is 345 g/mol. The smallest absolute Gasteiger partial charge is 0.223 e. The van der Waals surface area contributed by atoms with Crippen molar-refractivity contribution in [3.8, 4) is 5.88 Å². The Hall–Kier alpha value is -2.07. The first-order valence-electron chi connectivity index (χ1n) is 8.23. The summed E-state index contributed by atoms with van der Waals surface area (Å²) >= 11 is 5.98. The zero-order valence-electron chi connectivity index (χ0n) is 13.7. The number of hydrogen-bond donors (Lipinski definition) is 0. The number of carbonyl (C=O) groups is 1. The topological polar surface area (TPSA) is 42.4 Å². The molecular weight excluding hydrogens is 324 g/mol. The van der Waals surface area contributed by atoms with Crippen LogP contribution in [0.4, 0.5) is 0 Å². The molecule has 5 heteroatoms. The minimum atomic E-state index is 0.0226. The summed E-state index contributed by atoms with van der Waals surface area (Å²) in [6.45, 7) is 3.31. The molecule has 1 aliphatic rings. The van der Waals surface area contributed by atoms with E-state index in [9.17, 15) is 4.79 Å². The minimum absolute atomic E-state index is 0.0226. The molecule has 1 aliphatic heterocycles. The van der Waals surface area contributed by atoms with Crippen LogP contribution in [0, 0.1) is 6.92 Å². The largest absolute Gasteiger partial charge is 0.472 e. The summed E-state index contributed by atoms with van der Waals surface area (Å²) < 4.78 is 5.89. The molecule has 1 aromatic heterocycles. The molecule has 1 atom stereocenters. The fraction of sp³-hybridized carbons (Fsp3) is 0.368. The maximum absolute atomic E-state index is 12.4. The molecule has 0 radical (unpaired) electrons. The first kappa shape index (κ1) is 16.8. The van der Waals surface area contributed by atoms with Crippen LogP contribution in [0.15, 0.2) is 42.5 Å². The van der Waals surface area contributed by atoms with E-state index in [1.165, 1.54) is 0 Å². The summed E-state index contributed by atoms with van der Waals surface area (Å²) in [7, 11) is 0. The van der Waals surface area contributed by atoms with Gasteiger partial charge in [-0.1, -0.05) is 29.8 Å². The van der Waals surface area contributed by atoms with Crippen LogP contribution in [0.1, 0.15) is 24.1 Å². The van der Waals surface area contributed by atoms with Gasteiger partial charge >= 0.3 is 0 Å². The van der Waals surface area contributed by atoms with E-state index >= 15 is 0 Å². The van der Waals surface area contributed by atoms with Gasteiger partial charge in [-0.2, -0.15) is 0 Å². The molecule has 1 fully saturated rings. The first-order valence-corrected chi connectivity index (χ1v) is 8.60. The van der Waals surface area contributed by atoms with E-state index in [4.69, 9.17) is 16.3 Å². The van der Waals surface area contributed by atoms with Gasteiger partial charge in [0, 0.05) is 36.2 Å². The van der Waals surface area contributed by atoms with E-state index in [-0.39, 0.29) is 12.0 Å². The van der Waals surface area contributed by atoms with Gasteiger partial charge in [0.1, 0.15) is 6.10 Å². The molecule has 0 bridgehead atoms. The summed E-state index contributed by atoms with van der Waals surface area (Å²) in [5.74, 6) is 0.798. The number of rotatable bonds is 5. The van der Waals surface area contributed by atoms with Crippen molar-refractivity contribution in [3.63, 3.8) is 0 Å². The lowest BCUT2D eigenvalue weighted by atomic mass is 10.1. The molecule has 0 N–H and O–H groups in total. The number of amides is 1. The highest BCUT2D eigenvalue weighted by atomic mass is 35.5. The van der Waals surface area contributed by atoms with Crippen molar-refractivity contribution in [1.29, 1.82) is 0 Å². The number of ether oxygens (including phenoxy) is 1. The molecule has 126 valence electrons. The molecule has 2 heterocycles. The first-order chi connectivity index (χ1) is 11.6. The van der Waals surface area contributed by atoms with Crippen LogP contribution in [0.3, 0.4) is 0 Å². The van der Waals surface area contributed by atoms with E-state index in [2.05, 4.69) is 4.98 Å². The standard InChI is InChI=1S/C19H21ClN2O2/c1-14-4-2-7-18(21-14)24-17-10-11-22(13-17)19(23)9-8-15-5-3-6-16(20)12-15/h2-7,12,17H,8-11,13H2,1H3/t17-/m0/s1. The molecule has 0 aliphatic carbocycles. The Balaban J connectivity index is 1.49. The van der Waals surface area contributed by atoms with Crippen LogP contribution >= 0.6 is 11.6 Å². The van der Waals surface area contributed by atoms with Crippen LogP contribution in [-0.4, -0.2) is 35.0 Å². The van der Waals surface area contributed by atoms with E-state index < -0.39 is 0 Å². The highest BCUT2D eigenvalue weighted by Crippen LogP contribution is 2.18. The Morgan fingerprint density at radius 1 is 1.33 bits per heavy atom. The number of halogens is 1. The fourth-order valence-electron chi connectivity index (χ4n) is 2.91. The third-order valence-electron chi connectivity index (χ3n) is 4.16. The van der Waals surface area contributed by atoms with Crippen molar-refractivity contribution < 1.29 is 9.53 Å². The summed E-state index contributed by atoms with van der Waals surface area (Å²) in [5, 5.41) is 0.709. The van der Waals surface area contributed by atoms with Gasteiger partial charge in [-0.25, -0.2) is 4.98 Å². The molecule has 1 saturated heterocycles. The lowest BCUT2D eigenvalue weighted by Crippen LogP contribution is -2.31. The molecule has 24 heavy (non-hydrogen) atoms. The van der Waals surface area contributed by atoms with Crippen LogP contribution in [-0.2, 0) is 11.2 Å². The predicted octanol–water partition coefficient (Wildman–Crippen LogP) is 3.66. The van der Waals surface area contributed by atoms with Crippen molar-refractivity contribution in [1.82, 2.24) is 9.88 Å². The number of pyridine rings is 1. The van der Waals surface area contributed by atoms with Crippen LogP contribution in [0.2, 0.25) is 5.02 Å². The summed E-state index contributed by atoms with van der Waals surface area (Å²) in [4.78, 5) is 18.6. The van der Waals surface area contributed by atoms with E-state index in [1.807, 2.05) is 54.3 Å². The lowest BCUT2D eigenvalue weighted by Gasteiger charge is -2.17. The number of aryl methyl sites for hydroxylation is 2. The molecule has 0 saturated carbocycles. The molecule has 1 aromatic carbocycles. The number of aromatic nitrogens is 1. The van der Waals surface area contributed by atoms with Crippen molar-refractivity contribution in [2.45, 2.75) is 32.3 Å². The quantitative estimate of drug-likeness (QED) is 0.831. The van der Waals surface area contributed by atoms with Gasteiger partial charge < -0.3 is 9.64 Å². The number of carbonyl (C=O) groups excluding carboxylic acids is 1. The van der Waals surface area contributed by atoms with E-state index in [0.717, 1.165) is 24.2 Å². The summed E-state index contributed by atoms with van der Waals surface area (Å²) in [6.07, 6.45) is 2.07. The normalized spacial score (nSPS) is 17.1. The summed E-state index contributed by atoms with van der Waals surface area (Å²) in [5.41, 5.74) is 2.02. The highest BCUT2D eigenvalue weighted by molar-refractivity contribution is 6.30. The maximum atomic E-state index is 12.4. The zero-order valence-corrected chi connectivity index (χ0v) is 14.5. The monoisotopic (exact) mass is 344 g/mol. The Kier molecular flexibility index (Phi) is 5.36. The van der Waals surface area contributed by atoms with E-state index in [0.29, 0.717) is 30.3 Å². The van der Waals surface area contributed by atoms with Gasteiger partial charge in [-0.15, -0.1) is 0 Å². The molecule has 0 unspecified atom stereocenters. The van der Waals surface area contributed by atoms with Gasteiger partial charge in [0.2, 0.25) is 11.8 Å². The zero-order chi connectivity index (χ0) is 16.9. The Bertz CT molecular complexity index is 720. The number of hydrogen-bond acceptors (Lipinski definition) is 3. The van der Waals surface area contributed by atoms with Gasteiger partial charge in [0.25, 0.3) is 0 Å². The van der Waals surface area contributed by atoms with Crippen LogP contribution in [0.5, 0.6) is 5.88 Å². The predicted molar refractivity (Wildman–Crippen MR) is 94.4 cm³/mol. The van der Waals surface area contributed by atoms with Gasteiger partial charge in [-0.3, -0.25) is 4.79 Å². The third-order valence-corrected chi connectivity index (χ3v) is 4.40. The van der Waals surface area contributed by atoms with Crippen molar-refractivity contribution >= 4 is 17.5 Å². The minimum Gasteiger partial charge on any atom is -0.472 e. The SMILES string of the molecule is Cc1cccc(O[C@H]2CCN(C(=O)CCc3cccc(Cl)c3)C2)n1. The van der Waals surface area contributed by atoms with Crippen LogP contribution in [0.25, 0.3) is 0 Å². The van der Waals surface area contributed by atoms with Crippen LogP contribution < -0.4 is 4.74 Å². The third kappa shape index (κ3) is 4.48. The second-order valence-electron chi connectivity index (χ2n) is 6.12. The molecule has 0 spiro atoms. The molecule has 2 aromatic rings. The number of likely N-dealkylation sites (tertiary alicyclic amines) is 1. The Labute approximate surface area is 147 Å². The molecule has 1 amide bonds. The number of benzene rings is 1. The van der Waals surface area contributed by atoms with Gasteiger partial charge in [-0.05, 0) is 37.1 Å². The average Bonchev–Trinajstić information content (AvgIpc) is 3.01. The summed E-state index contributed by atoms with van der Waals surface area (Å²) in [6, 6.07) is 13.4. The highest BCUT2D eigenvalue weighted by Gasteiger charge is 2.27. The molecule has 4 nitrogen and oxygen atoms in total. The lowest BCUT2D eigenvalue weighted by molar-refractivity contribution is -0.130. The molecule has 3 rings (SSSR count). The fourth-order valence-corrected chi connectivity index (χ4v) is 3.12. The molecular formula is C19H21ClN2O2. The second-order valence-corrected chi connectivity index (χ2v) is 6.55. The maximum Gasteiger partial charge on any atom is 0.223 e. The van der Waals surface area contributed by atoms with Crippen molar-refractivity contribution in [2.75, 3.05) is 13.1 Å². The van der Waals surface area contributed by atoms with Crippen molar-refractivity contribution in [3.05, 3.63) is 58.7 Å². The van der Waals surface area contributed by atoms with E-state index in [1.54, 1.807) is 0 Å². The number of nitrogens with zero attached hydrogens (tertiary/aromatic N) is 2. The van der Waals surface area contributed by atoms with Gasteiger partial charge in [0.05, 0.1) is 6.54 Å². The Morgan fingerprint density at radius 3 is 2.96 bits per heavy atom. The Morgan fingerprint density at radius 2 is 2.17 bits per heavy atom. The second kappa shape index (κ2) is 7.67. The van der Waals surface area contributed by atoms with Gasteiger partial charge in [0.15, 0.2) is 0 Å².